The number of nitrogens with zero attached hydrogens (tertiary/aromatic N) is 1. The smallest absolute Gasteiger partial charge is 0.341 e. The van der Waals surface area contributed by atoms with Gasteiger partial charge in [-0.2, -0.15) is 8.78 Å². The highest BCUT2D eigenvalue weighted by Gasteiger charge is 2.29. The summed E-state index contributed by atoms with van der Waals surface area (Å²) in [6.45, 7) is 2.32. The van der Waals surface area contributed by atoms with E-state index in [-0.39, 0.29) is 5.69 Å². The summed E-state index contributed by atoms with van der Waals surface area (Å²) in [5, 5.41) is 15.2. The van der Waals surface area contributed by atoms with Crippen molar-refractivity contribution in [1.82, 2.24) is 4.98 Å². The lowest BCUT2D eigenvalue weighted by Crippen LogP contribution is -2.12. The fourth-order valence-electron chi connectivity index (χ4n) is 2.93. The van der Waals surface area contributed by atoms with Crippen molar-refractivity contribution >= 4 is 32.1 Å². The topological polar surface area (TPSA) is 105 Å². The first-order chi connectivity index (χ1) is 13.2. The first kappa shape index (κ1) is 19.7. The van der Waals surface area contributed by atoms with Crippen molar-refractivity contribution in [3.05, 3.63) is 63.8 Å². The third-order valence-electron chi connectivity index (χ3n) is 4.36. The summed E-state index contributed by atoms with van der Waals surface area (Å²) in [7, 11) is -4.90. The van der Waals surface area contributed by atoms with Crippen LogP contribution in [0.4, 0.5) is 20.2 Å². The van der Waals surface area contributed by atoms with Crippen molar-refractivity contribution in [3.8, 4) is 0 Å². The van der Waals surface area contributed by atoms with Crippen LogP contribution in [0, 0.1) is 17.0 Å². The Morgan fingerprint density at radius 2 is 1.96 bits per heavy atom. The van der Waals surface area contributed by atoms with Crippen LogP contribution < -0.4 is 5.32 Å². The lowest BCUT2D eigenvalue weighted by atomic mass is 10.1. The Bertz CT molecular complexity index is 1140. The van der Waals surface area contributed by atoms with Gasteiger partial charge in [0.05, 0.1) is 9.82 Å². The molecule has 0 unspecified atom stereocenters. The van der Waals surface area contributed by atoms with Crippen LogP contribution in [0.15, 0.2) is 47.5 Å². The maximum absolute atomic E-state index is 12.7. The summed E-state index contributed by atoms with van der Waals surface area (Å²) in [6, 6.07) is 8.71. The van der Waals surface area contributed by atoms with Crippen LogP contribution in [0.3, 0.4) is 0 Å². The van der Waals surface area contributed by atoms with Gasteiger partial charge in [-0.05, 0) is 42.7 Å². The Morgan fingerprint density at radius 1 is 1.21 bits per heavy atom. The molecule has 10 heteroatoms. The van der Waals surface area contributed by atoms with Gasteiger partial charge in [-0.3, -0.25) is 10.1 Å². The molecule has 2 N–H and O–H groups in total. The number of rotatable bonds is 7. The van der Waals surface area contributed by atoms with Gasteiger partial charge in [0, 0.05) is 29.7 Å². The lowest BCUT2D eigenvalue weighted by molar-refractivity contribution is -0.384. The number of H-pyrrole nitrogens is 1. The molecule has 0 amide bonds. The van der Waals surface area contributed by atoms with Crippen LogP contribution in [-0.4, -0.2) is 30.6 Å². The average Bonchev–Trinajstić information content (AvgIpc) is 3.03. The van der Waals surface area contributed by atoms with E-state index in [0.29, 0.717) is 19.0 Å². The molecule has 0 saturated heterocycles. The maximum Gasteiger partial charge on any atom is 0.341 e. The first-order valence-electron chi connectivity index (χ1n) is 8.31. The molecular formula is C18H17F2N3O4S. The van der Waals surface area contributed by atoms with E-state index in [9.17, 15) is 27.3 Å². The van der Waals surface area contributed by atoms with Crippen molar-refractivity contribution in [2.75, 3.05) is 11.9 Å². The summed E-state index contributed by atoms with van der Waals surface area (Å²) in [4.78, 5) is 12.8. The molecule has 2 aromatic carbocycles. The Morgan fingerprint density at radius 3 is 2.64 bits per heavy atom. The lowest BCUT2D eigenvalue weighted by Gasteiger charge is -2.09. The Balaban J connectivity index is 1.79. The van der Waals surface area contributed by atoms with E-state index in [1.54, 1.807) is 0 Å². The Labute approximate surface area is 159 Å². The van der Waals surface area contributed by atoms with Crippen molar-refractivity contribution in [2.24, 2.45) is 0 Å². The van der Waals surface area contributed by atoms with Gasteiger partial charge in [-0.25, -0.2) is 8.42 Å². The van der Waals surface area contributed by atoms with E-state index in [0.717, 1.165) is 34.2 Å². The van der Waals surface area contributed by atoms with Gasteiger partial charge in [0.25, 0.3) is 5.69 Å². The summed E-state index contributed by atoms with van der Waals surface area (Å²) in [5.41, 5.74) is 2.61. The molecule has 0 aliphatic carbocycles. The Hall–Kier alpha value is -3.01. The highest BCUT2D eigenvalue weighted by molar-refractivity contribution is 7.91. The molecule has 0 spiro atoms. The Kier molecular flexibility index (Phi) is 5.32. The van der Waals surface area contributed by atoms with Crippen LogP contribution in [-0.2, 0) is 16.3 Å². The molecule has 1 heterocycles. The SMILES string of the molecule is Cc1ccc2c(CCNc3ccc(S(=O)(=O)C(F)F)cc3[N+](=O)[O-])c[nH]c2c1. The van der Waals surface area contributed by atoms with E-state index in [1.807, 2.05) is 31.3 Å². The number of aromatic nitrogens is 1. The molecule has 0 saturated carbocycles. The molecule has 3 rings (SSSR count). The predicted molar refractivity (Wildman–Crippen MR) is 102 cm³/mol. The van der Waals surface area contributed by atoms with E-state index in [2.05, 4.69) is 10.3 Å². The quantitative estimate of drug-likeness (QED) is 0.453. The second kappa shape index (κ2) is 7.55. The van der Waals surface area contributed by atoms with Gasteiger partial charge in [-0.1, -0.05) is 12.1 Å². The van der Waals surface area contributed by atoms with Gasteiger partial charge in [0.1, 0.15) is 5.69 Å². The van der Waals surface area contributed by atoms with Crippen molar-refractivity contribution in [3.63, 3.8) is 0 Å². The van der Waals surface area contributed by atoms with E-state index < -0.39 is 31.1 Å². The number of aryl methyl sites for hydroxylation is 1. The number of nitro benzene ring substituents is 1. The number of hydrogen-bond donors (Lipinski definition) is 2. The molecule has 1 aromatic heterocycles. The number of hydrogen-bond acceptors (Lipinski definition) is 5. The van der Waals surface area contributed by atoms with E-state index in [4.69, 9.17) is 0 Å². The van der Waals surface area contributed by atoms with E-state index >= 15 is 0 Å². The van der Waals surface area contributed by atoms with Gasteiger partial charge in [-0.15, -0.1) is 0 Å². The standard InChI is InChI=1S/C18H17F2N3O4S/c1-11-2-4-14-12(10-22-16(14)8-11)6-7-21-15-5-3-13(9-17(15)23(24)25)28(26,27)18(19)20/h2-5,8-10,18,21-22H,6-7H2,1H3. The molecule has 0 atom stereocenters. The fourth-order valence-corrected chi connectivity index (χ4v) is 3.67. The van der Waals surface area contributed by atoms with Crippen molar-refractivity contribution < 1.29 is 22.1 Å². The highest BCUT2D eigenvalue weighted by atomic mass is 32.2. The van der Waals surface area contributed by atoms with Gasteiger partial charge in [0.2, 0.25) is 9.84 Å². The number of halogens is 2. The van der Waals surface area contributed by atoms with Crippen LogP contribution in [0.2, 0.25) is 0 Å². The molecule has 0 fully saturated rings. The number of sulfone groups is 1. The third kappa shape index (κ3) is 3.81. The van der Waals surface area contributed by atoms with Crippen LogP contribution >= 0.6 is 0 Å². The van der Waals surface area contributed by atoms with Crippen molar-refractivity contribution in [1.29, 1.82) is 0 Å². The zero-order valence-corrected chi connectivity index (χ0v) is 15.6. The second-order valence-corrected chi connectivity index (χ2v) is 8.20. The van der Waals surface area contributed by atoms with E-state index in [1.165, 1.54) is 0 Å². The average molecular weight is 409 g/mol. The van der Waals surface area contributed by atoms with Gasteiger partial charge < -0.3 is 10.3 Å². The molecule has 7 nitrogen and oxygen atoms in total. The predicted octanol–water partition coefficient (Wildman–Crippen LogP) is 4.04. The largest absolute Gasteiger partial charge is 0.379 e. The van der Waals surface area contributed by atoms with Gasteiger partial charge >= 0.3 is 5.76 Å². The molecule has 0 aliphatic heterocycles. The summed E-state index contributed by atoms with van der Waals surface area (Å²) < 4.78 is 48.4. The minimum atomic E-state index is -4.90. The minimum Gasteiger partial charge on any atom is -0.379 e. The summed E-state index contributed by atoms with van der Waals surface area (Å²) >= 11 is 0. The molecule has 3 aromatic rings. The molecule has 0 aliphatic rings. The molecule has 28 heavy (non-hydrogen) atoms. The zero-order valence-electron chi connectivity index (χ0n) is 14.8. The number of nitro groups is 1. The molecule has 0 bridgehead atoms. The number of fused-ring (bicyclic) bond motifs is 1. The van der Waals surface area contributed by atoms with Crippen LogP contribution in [0.25, 0.3) is 10.9 Å². The maximum atomic E-state index is 12.7. The summed E-state index contributed by atoms with van der Waals surface area (Å²) in [6.07, 6.45) is 2.41. The van der Waals surface area contributed by atoms with Crippen LogP contribution in [0.1, 0.15) is 11.1 Å². The highest BCUT2D eigenvalue weighted by Crippen LogP contribution is 2.30. The number of anilines is 1. The van der Waals surface area contributed by atoms with Crippen LogP contribution in [0.5, 0.6) is 0 Å². The minimum absolute atomic E-state index is 0.0638. The second-order valence-electron chi connectivity index (χ2n) is 6.28. The fraction of sp³-hybridized carbons (Fsp3) is 0.222. The number of nitrogens with one attached hydrogen (secondary N) is 2. The number of alkyl halides is 2. The van der Waals surface area contributed by atoms with Crippen molar-refractivity contribution in [2.45, 2.75) is 24.0 Å². The normalized spacial score (nSPS) is 11.9. The summed E-state index contributed by atoms with van der Waals surface area (Å²) in [5.74, 6) is -3.64. The monoisotopic (exact) mass is 409 g/mol. The number of aromatic amines is 1. The van der Waals surface area contributed by atoms with Gasteiger partial charge in [0.15, 0.2) is 0 Å². The molecule has 148 valence electrons. The zero-order chi connectivity index (χ0) is 20.5. The first-order valence-corrected chi connectivity index (χ1v) is 9.86. The molecular weight excluding hydrogens is 392 g/mol. The number of benzene rings is 2. The third-order valence-corrected chi connectivity index (χ3v) is 5.74. The molecule has 0 radical (unpaired) electrons.